The molecule has 31 heavy (non-hydrogen) atoms. The summed E-state index contributed by atoms with van der Waals surface area (Å²) in [4.78, 5) is 18.7. The molecule has 1 aliphatic heterocycles. The number of aryl methyl sites for hydroxylation is 1. The van der Waals surface area contributed by atoms with Crippen LogP contribution in [-0.4, -0.2) is 28.1 Å². The zero-order valence-corrected chi connectivity index (χ0v) is 17.8. The van der Waals surface area contributed by atoms with Crippen LogP contribution >= 0.6 is 11.8 Å². The zero-order chi connectivity index (χ0) is 21.2. The van der Waals surface area contributed by atoms with Gasteiger partial charge < -0.3 is 5.11 Å². The minimum absolute atomic E-state index is 0.0268. The lowest BCUT2D eigenvalue weighted by Gasteiger charge is -2.34. The number of allylic oxidation sites excluding steroid dienone is 1. The molecule has 1 N–H and O–H groups in total. The lowest BCUT2D eigenvalue weighted by Crippen LogP contribution is -2.35. The lowest BCUT2D eigenvalue weighted by molar-refractivity contribution is -0.164. The summed E-state index contributed by atoms with van der Waals surface area (Å²) < 4.78 is 0. The maximum atomic E-state index is 11.4. The summed E-state index contributed by atoms with van der Waals surface area (Å²) in [5.74, 6) is -0.947. The fraction of sp³-hybridized carbons (Fsp3) is 0.192. The van der Waals surface area contributed by atoms with Gasteiger partial charge in [-0.05, 0) is 29.5 Å². The number of rotatable bonds is 6. The van der Waals surface area contributed by atoms with Crippen molar-refractivity contribution in [2.75, 3.05) is 6.61 Å². The van der Waals surface area contributed by atoms with E-state index in [1.807, 2.05) is 23.3 Å². The van der Waals surface area contributed by atoms with E-state index in [9.17, 15) is 9.90 Å². The Labute approximate surface area is 186 Å². The second kappa shape index (κ2) is 8.61. The highest BCUT2D eigenvalue weighted by atomic mass is 32.2. The van der Waals surface area contributed by atoms with Crippen LogP contribution in [0.15, 0.2) is 89.8 Å². The quantitative estimate of drug-likeness (QED) is 0.559. The van der Waals surface area contributed by atoms with Crippen LogP contribution in [0.4, 0.5) is 0 Å². The molecule has 156 valence electrons. The Morgan fingerprint density at radius 1 is 0.935 bits per heavy atom. The molecular formula is C26H23NO3S. The maximum absolute atomic E-state index is 11.4. The van der Waals surface area contributed by atoms with Gasteiger partial charge in [0, 0.05) is 16.4 Å². The van der Waals surface area contributed by atoms with Crippen LogP contribution in [0.25, 0.3) is 5.70 Å². The minimum Gasteiger partial charge on any atom is -0.479 e. The second-order valence-corrected chi connectivity index (χ2v) is 8.94. The molecule has 1 heterocycles. The first-order chi connectivity index (χ1) is 15.2. The fourth-order valence-corrected chi connectivity index (χ4v) is 6.01. The number of benzene rings is 3. The van der Waals surface area contributed by atoms with Gasteiger partial charge in [0.1, 0.15) is 5.37 Å². The molecule has 3 aromatic rings. The van der Waals surface area contributed by atoms with E-state index in [2.05, 4.69) is 66.7 Å². The van der Waals surface area contributed by atoms with Gasteiger partial charge in [-0.15, -0.1) is 0 Å². The summed E-state index contributed by atoms with van der Waals surface area (Å²) >= 11 is 1.80. The second-order valence-electron chi connectivity index (χ2n) is 7.73. The third-order valence-electron chi connectivity index (χ3n) is 5.80. The van der Waals surface area contributed by atoms with Crippen LogP contribution in [-0.2, 0) is 16.1 Å². The monoisotopic (exact) mass is 429 g/mol. The summed E-state index contributed by atoms with van der Waals surface area (Å²) in [5.41, 5.74) is 5.81. The van der Waals surface area contributed by atoms with E-state index in [1.165, 1.54) is 21.6 Å². The van der Waals surface area contributed by atoms with Crippen molar-refractivity contribution in [3.05, 3.63) is 112 Å². The highest BCUT2D eigenvalue weighted by Gasteiger charge is 2.42. The number of hydrogen-bond acceptors (Lipinski definition) is 4. The molecule has 4 nitrogen and oxygen atoms in total. The molecule has 1 aliphatic carbocycles. The van der Waals surface area contributed by atoms with Crippen LogP contribution in [0.5, 0.6) is 0 Å². The van der Waals surface area contributed by atoms with Crippen molar-refractivity contribution in [3.63, 3.8) is 0 Å². The topological polar surface area (TPSA) is 49.8 Å². The predicted molar refractivity (Wildman–Crippen MR) is 123 cm³/mol. The molecule has 0 amide bonds. The molecule has 0 spiro atoms. The summed E-state index contributed by atoms with van der Waals surface area (Å²) in [7, 11) is 0. The summed E-state index contributed by atoms with van der Waals surface area (Å²) in [6, 6.07) is 29.2. The molecule has 0 radical (unpaired) electrons. The predicted octanol–water partition coefficient (Wildman–Crippen LogP) is 5.52. The number of nitrogens with zero attached hydrogens (tertiary/aromatic N) is 1. The van der Waals surface area contributed by atoms with Gasteiger partial charge >= 0.3 is 5.97 Å². The average Bonchev–Trinajstić information content (AvgIpc) is 3.18. The maximum Gasteiger partial charge on any atom is 0.332 e. The molecule has 3 aromatic carbocycles. The van der Waals surface area contributed by atoms with Crippen molar-refractivity contribution in [1.82, 2.24) is 5.06 Å². The van der Waals surface area contributed by atoms with Gasteiger partial charge in [0.15, 0.2) is 6.61 Å². The van der Waals surface area contributed by atoms with Crippen LogP contribution in [0.2, 0.25) is 0 Å². The number of hydrogen-bond donors (Lipinski definition) is 1. The first kappa shape index (κ1) is 19.9. The van der Waals surface area contributed by atoms with Crippen molar-refractivity contribution in [2.24, 2.45) is 0 Å². The lowest BCUT2D eigenvalue weighted by atomic mass is 9.90. The van der Waals surface area contributed by atoms with Gasteiger partial charge in [-0.1, -0.05) is 96.7 Å². The van der Waals surface area contributed by atoms with Crippen LogP contribution in [0.3, 0.4) is 0 Å². The van der Waals surface area contributed by atoms with E-state index >= 15 is 0 Å². The third-order valence-corrected chi connectivity index (χ3v) is 7.19. The number of fused-ring (bicyclic) bond motifs is 2. The molecule has 2 aliphatic rings. The van der Waals surface area contributed by atoms with E-state index in [1.54, 1.807) is 11.8 Å². The summed E-state index contributed by atoms with van der Waals surface area (Å²) in [5, 5.41) is 11.1. The number of carbonyl (C=O) groups is 1. The Hall–Kier alpha value is -3.02. The summed E-state index contributed by atoms with van der Waals surface area (Å²) in [6.07, 6.45) is 1.93. The van der Waals surface area contributed by atoms with Crippen LogP contribution in [0.1, 0.15) is 34.6 Å². The number of hydroxylamine groups is 2. The van der Waals surface area contributed by atoms with E-state index in [0.29, 0.717) is 0 Å². The highest BCUT2D eigenvalue weighted by Crippen LogP contribution is 2.53. The third kappa shape index (κ3) is 3.87. The fourth-order valence-electron chi connectivity index (χ4n) is 4.47. The molecule has 0 fully saturated rings. The van der Waals surface area contributed by atoms with Crippen molar-refractivity contribution < 1.29 is 14.7 Å². The molecule has 1 unspecified atom stereocenters. The Balaban J connectivity index is 1.61. The molecule has 0 bridgehead atoms. The van der Waals surface area contributed by atoms with Gasteiger partial charge in [-0.3, -0.25) is 4.84 Å². The number of aliphatic carboxylic acids is 1. The van der Waals surface area contributed by atoms with E-state index in [-0.39, 0.29) is 17.9 Å². The Morgan fingerprint density at radius 2 is 1.55 bits per heavy atom. The van der Waals surface area contributed by atoms with E-state index < -0.39 is 5.97 Å². The SMILES string of the molecule is O=C(O)CON1C2=C(CCc3ccccc32)SC1C(c1ccccc1)c1ccccc1. The molecule has 0 saturated heterocycles. The molecule has 5 rings (SSSR count). The first-order valence-electron chi connectivity index (χ1n) is 10.4. The highest BCUT2D eigenvalue weighted by molar-refractivity contribution is 8.04. The molecular weight excluding hydrogens is 406 g/mol. The van der Waals surface area contributed by atoms with Crippen LogP contribution < -0.4 is 0 Å². The molecule has 0 aromatic heterocycles. The van der Waals surface area contributed by atoms with E-state index in [0.717, 1.165) is 24.1 Å². The first-order valence-corrected chi connectivity index (χ1v) is 11.3. The molecule has 5 heteroatoms. The van der Waals surface area contributed by atoms with Gasteiger partial charge in [0.25, 0.3) is 0 Å². The largest absolute Gasteiger partial charge is 0.479 e. The van der Waals surface area contributed by atoms with Gasteiger partial charge in [0.05, 0.1) is 5.70 Å². The number of carboxylic acids is 1. The smallest absolute Gasteiger partial charge is 0.332 e. The minimum atomic E-state index is -0.974. The summed E-state index contributed by atoms with van der Waals surface area (Å²) in [6.45, 7) is -0.369. The Bertz CT molecular complexity index is 1070. The van der Waals surface area contributed by atoms with Gasteiger partial charge in [-0.25, -0.2) is 9.86 Å². The van der Waals surface area contributed by atoms with Gasteiger partial charge in [-0.2, -0.15) is 0 Å². The number of thioether (sulfide) groups is 1. The molecule has 1 atom stereocenters. The van der Waals surface area contributed by atoms with Crippen molar-refractivity contribution >= 4 is 23.4 Å². The van der Waals surface area contributed by atoms with Crippen molar-refractivity contribution in [3.8, 4) is 0 Å². The Morgan fingerprint density at radius 3 is 2.19 bits per heavy atom. The normalized spacial score (nSPS) is 17.6. The Kier molecular flexibility index (Phi) is 5.53. The van der Waals surface area contributed by atoms with Crippen molar-refractivity contribution in [2.45, 2.75) is 24.1 Å². The van der Waals surface area contributed by atoms with Crippen molar-refractivity contribution in [1.29, 1.82) is 0 Å². The van der Waals surface area contributed by atoms with E-state index in [4.69, 9.17) is 4.84 Å². The van der Waals surface area contributed by atoms with Crippen LogP contribution in [0, 0.1) is 0 Å². The van der Waals surface area contributed by atoms with Gasteiger partial charge in [0.2, 0.25) is 0 Å². The molecule has 0 saturated carbocycles. The average molecular weight is 430 g/mol. The zero-order valence-electron chi connectivity index (χ0n) is 17.0. The standard InChI is InChI=1S/C26H23NO3S/c28-23(29)17-30-27-25-21-14-8-7-9-18(21)15-16-22(25)31-26(27)24(19-10-3-1-4-11-19)20-12-5-2-6-13-20/h1-14,24,26H,15-17H2,(H,28,29). The number of carboxylic acid groups (broad SMARTS) is 1.